The number of imide groups is 1. The van der Waals surface area contributed by atoms with Gasteiger partial charge in [-0.3, -0.25) is 0 Å². The monoisotopic (exact) mass is 439 g/mol. The summed E-state index contributed by atoms with van der Waals surface area (Å²) in [6.45, 7) is 4.26. The van der Waals surface area contributed by atoms with Crippen molar-refractivity contribution in [1.82, 2.24) is 15.0 Å². The predicted octanol–water partition coefficient (Wildman–Crippen LogP) is 4.21. The van der Waals surface area contributed by atoms with Crippen molar-refractivity contribution >= 4 is 17.6 Å². The van der Waals surface area contributed by atoms with E-state index in [4.69, 9.17) is 4.52 Å². The molecule has 2 aromatic carbocycles. The average Bonchev–Trinajstić information content (AvgIpc) is 3.29. The van der Waals surface area contributed by atoms with Crippen molar-refractivity contribution in [3.8, 4) is 11.4 Å². The highest BCUT2D eigenvalue weighted by molar-refractivity contribution is 6.16. The van der Waals surface area contributed by atoms with Gasteiger partial charge in [0, 0.05) is 5.56 Å². The van der Waals surface area contributed by atoms with Gasteiger partial charge in [0.1, 0.15) is 18.2 Å². The molecule has 7 heteroatoms. The molecule has 2 heterocycles. The topological polar surface area (TPSA) is 79.3 Å². The van der Waals surface area contributed by atoms with Gasteiger partial charge < -0.3 is 4.52 Å². The van der Waals surface area contributed by atoms with Crippen molar-refractivity contribution in [3.05, 3.63) is 95.4 Å². The van der Waals surface area contributed by atoms with Crippen LogP contribution in [0.2, 0.25) is 0 Å². The van der Waals surface area contributed by atoms with Gasteiger partial charge in [-0.1, -0.05) is 77.5 Å². The van der Waals surface area contributed by atoms with Crippen molar-refractivity contribution in [2.45, 2.75) is 26.9 Å². The summed E-state index contributed by atoms with van der Waals surface area (Å²) in [6, 6.07) is 15.2. The number of hydrogen-bond acceptors (Lipinski definition) is 5. The maximum atomic E-state index is 13.5. The van der Waals surface area contributed by atoms with Gasteiger partial charge in [0.2, 0.25) is 5.82 Å². The van der Waals surface area contributed by atoms with Gasteiger partial charge in [-0.15, -0.1) is 0 Å². The molecule has 0 bridgehead atoms. The molecule has 0 N–H and O–H groups in total. The van der Waals surface area contributed by atoms with Crippen LogP contribution in [0.1, 0.15) is 22.6 Å². The second-order valence-electron chi connectivity index (χ2n) is 8.25. The maximum Gasteiger partial charge on any atom is 0.501 e. The quantitative estimate of drug-likeness (QED) is 0.557. The molecule has 1 aromatic heterocycles. The fraction of sp³-hybridized carbons (Fsp3) is 0.192. The number of aromatic nitrogens is 2. The Bertz CT molecular complexity index is 1330. The minimum absolute atomic E-state index is 0.0827. The van der Waals surface area contributed by atoms with E-state index in [1.54, 1.807) is 10.7 Å². The van der Waals surface area contributed by atoms with Crippen LogP contribution in [0.3, 0.4) is 0 Å². The molecule has 33 heavy (non-hydrogen) atoms. The van der Waals surface area contributed by atoms with Gasteiger partial charge >= 0.3 is 11.9 Å². The summed E-state index contributed by atoms with van der Waals surface area (Å²) in [7, 11) is 0. The zero-order valence-electron chi connectivity index (χ0n) is 18.4. The van der Waals surface area contributed by atoms with Gasteiger partial charge in [-0.25, -0.2) is 4.79 Å². The first-order valence-electron chi connectivity index (χ1n) is 10.8. The van der Waals surface area contributed by atoms with E-state index in [-0.39, 0.29) is 19.0 Å². The number of allylic oxidation sites excluding steroid dienone is 3. The van der Waals surface area contributed by atoms with Crippen molar-refractivity contribution in [2.75, 3.05) is 0 Å². The van der Waals surface area contributed by atoms with E-state index < -0.39 is 11.9 Å². The summed E-state index contributed by atoms with van der Waals surface area (Å²) in [6.07, 6.45) is 7.25. The molecule has 0 fully saturated rings. The summed E-state index contributed by atoms with van der Waals surface area (Å²) in [4.78, 5) is 32.5. The van der Waals surface area contributed by atoms with Crippen molar-refractivity contribution < 1.29 is 18.7 Å². The van der Waals surface area contributed by atoms with E-state index in [0.29, 0.717) is 17.4 Å². The largest absolute Gasteiger partial charge is 0.501 e. The zero-order valence-corrected chi connectivity index (χ0v) is 18.4. The maximum absolute atomic E-state index is 13.5. The van der Waals surface area contributed by atoms with Crippen LogP contribution in [0.4, 0.5) is 4.79 Å². The Morgan fingerprint density at radius 3 is 2.61 bits per heavy atom. The third-order valence-corrected chi connectivity index (χ3v) is 5.91. The molecular formula is C26H23N4O3+. The lowest BCUT2D eigenvalue weighted by molar-refractivity contribution is -0.460. The minimum Gasteiger partial charge on any atom is -0.335 e. The zero-order chi connectivity index (χ0) is 22.9. The Balaban J connectivity index is 1.47. The summed E-state index contributed by atoms with van der Waals surface area (Å²) in [5.74, 6) is 0.0108. The predicted molar refractivity (Wildman–Crippen MR) is 122 cm³/mol. The van der Waals surface area contributed by atoms with E-state index in [9.17, 15) is 9.59 Å². The molecule has 164 valence electrons. The normalized spacial score (nSPS) is 17.6. The van der Waals surface area contributed by atoms with Gasteiger partial charge in [0.05, 0.1) is 0 Å². The van der Waals surface area contributed by atoms with E-state index >= 15 is 0 Å². The van der Waals surface area contributed by atoms with E-state index in [1.165, 1.54) is 4.90 Å². The molecule has 1 atom stereocenters. The number of hydrogen-bond donors (Lipinski definition) is 0. The number of amides is 3. The Hall–Kier alpha value is -4.13. The molecule has 1 aliphatic carbocycles. The van der Waals surface area contributed by atoms with E-state index in [2.05, 4.69) is 10.1 Å². The number of fused-ring (bicyclic) bond motifs is 1. The lowest BCUT2D eigenvalue weighted by atomic mass is 9.94. The highest BCUT2D eigenvalue weighted by atomic mass is 16.5. The molecule has 0 spiro atoms. The van der Waals surface area contributed by atoms with Gasteiger partial charge in [0.15, 0.2) is 6.54 Å². The summed E-state index contributed by atoms with van der Waals surface area (Å²) >= 11 is 0. The molecule has 1 unspecified atom stereocenters. The van der Waals surface area contributed by atoms with Gasteiger partial charge in [-0.2, -0.15) is 19.3 Å². The Morgan fingerprint density at radius 1 is 1.03 bits per heavy atom. The highest BCUT2D eigenvalue weighted by Gasteiger charge is 2.47. The average molecular weight is 439 g/mol. The van der Waals surface area contributed by atoms with E-state index in [0.717, 1.165) is 22.3 Å². The molecule has 0 saturated carbocycles. The number of carbonyl (C=O) groups excluding carboxylic acids is 2. The third-order valence-electron chi connectivity index (χ3n) is 5.91. The third kappa shape index (κ3) is 3.93. The van der Waals surface area contributed by atoms with Gasteiger partial charge in [-0.05, 0) is 31.1 Å². The minimum atomic E-state index is -0.531. The molecule has 2 aliphatic rings. The van der Waals surface area contributed by atoms with Crippen LogP contribution in [0.25, 0.3) is 11.4 Å². The van der Waals surface area contributed by atoms with Crippen LogP contribution >= 0.6 is 0 Å². The SMILES string of the molecule is Cc1ccc(CN2C(=O)C3C=CC=CC3=[N+](Cc3nc(-c4ccccc4C)no3)C2=O)cc1. The molecular weight excluding hydrogens is 416 g/mol. The number of benzene rings is 2. The standard InChI is InChI=1S/C26H23N4O3/c1-17-11-13-19(14-12-17)15-30-25(31)21-9-5-6-10-22(21)29(26(30)32)16-23-27-24(28-33-23)20-8-4-3-7-18(20)2/h3-14,21H,15-16H2,1-2H3/q+1. The Labute approximate surface area is 191 Å². The van der Waals surface area contributed by atoms with Crippen molar-refractivity contribution in [3.63, 3.8) is 0 Å². The fourth-order valence-electron chi connectivity index (χ4n) is 4.08. The molecule has 0 radical (unpaired) electrons. The molecule has 1 aliphatic heterocycles. The molecule has 3 amide bonds. The Morgan fingerprint density at radius 2 is 1.82 bits per heavy atom. The Kier molecular flexibility index (Phi) is 5.30. The molecule has 7 nitrogen and oxygen atoms in total. The summed E-state index contributed by atoms with van der Waals surface area (Å²) in [5, 5.41) is 4.11. The molecule has 5 rings (SSSR count). The van der Waals surface area contributed by atoms with Crippen molar-refractivity contribution in [1.29, 1.82) is 0 Å². The fourth-order valence-corrected chi connectivity index (χ4v) is 4.08. The van der Waals surface area contributed by atoms with Crippen LogP contribution in [0.5, 0.6) is 0 Å². The first-order valence-corrected chi connectivity index (χ1v) is 10.8. The number of aryl methyl sites for hydroxylation is 2. The number of urea groups is 1. The van der Waals surface area contributed by atoms with Crippen molar-refractivity contribution in [2.24, 2.45) is 5.92 Å². The first kappa shape index (κ1) is 20.8. The van der Waals surface area contributed by atoms with E-state index in [1.807, 2.05) is 80.6 Å². The van der Waals surface area contributed by atoms with Crippen LogP contribution < -0.4 is 0 Å². The van der Waals surface area contributed by atoms with Crippen LogP contribution in [-0.4, -0.2) is 37.3 Å². The number of nitrogens with zero attached hydrogens (tertiary/aromatic N) is 4. The second-order valence-corrected chi connectivity index (χ2v) is 8.25. The lowest BCUT2D eigenvalue weighted by Gasteiger charge is -2.26. The highest BCUT2D eigenvalue weighted by Crippen LogP contribution is 2.24. The lowest BCUT2D eigenvalue weighted by Crippen LogP contribution is -2.53. The first-order chi connectivity index (χ1) is 16.0. The number of carbonyl (C=O) groups is 2. The number of rotatable bonds is 5. The molecule has 3 aromatic rings. The summed E-state index contributed by atoms with van der Waals surface area (Å²) in [5.41, 5.74) is 4.53. The van der Waals surface area contributed by atoms with Crippen LogP contribution in [0.15, 0.2) is 77.4 Å². The smallest absolute Gasteiger partial charge is 0.335 e. The van der Waals surface area contributed by atoms with Gasteiger partial charge in [0.25, 0.3) is 5.89 Å². The van der Waals surface area contributed by atoms with Crippen LogP contribution in [0, 0.1) is 19.8 Å². The van der Waals surface area contributed by atoms with Crippen LogP contribution in [-0.2, 0) is 17.9 Å². The summed E-state index contributed by atoms with van der Waals surface area (Å²) < 4.78 is 7.04. The molecule has 0 saturated heterocycles. The second kappa shape index (κ2) is 8.43.